The van der Waals surface area contributed by atoms with Crippen molar-refractivity contribution in [2.24, 2.45) is 0 Å². The smallest absolute Gasteiger partial charge is 0.231 e. The minimum Gasteiger partial charge on any atom is -0.337 e. The van der Waals surface area contributed by atoms with E-state index in [2.05, 4.69) is 39.6 Å². The lowest BCUT2D eigenvalue weighted by Crippen LogP contribution is -2.45. The SMILES string of the molecule is Cc1ccc(-n2c(SCC(=O)NC3(C#N)CCCC3)nnc2-c2cccnc2)c(C)c1. The van der Waals surface area contributed by atoms with Gasteiger partial charge in [-0.15, -0.1) is 10.2 Å². The Morgan fingerprint density at radius 3 is 2.74 bits per heavy atom. The Kier molecular flexibility index (Phi) is 6.05. The first kappa shape index (κ1) is 21.1. The summed E-state index contributed by atoms with van der Waals surface area (Å²) in [5.74, 6) is 0.679. The van der Waals surface area contributed by atoms with Gasteiger partial charge in [0, 0.05) is 18.0 Å². The summed E-state index contributed by atoms with van der Waals surface area (Å²) in [5, 5.41) is 21.9. The summed E-state index contributed by atoms with van der Waals surface area (Å²) in [6.45, 7) is 4.10. The Hall–Kier alpha value is -3.18. The van der Waals surface area contributed by atoms with Crippen LogP contribution in [0.4, 0.5) is 0 Å². The number of nitriles is 1. The molecule has 1 aliphatic carbocycles. The normalized spacial score (nSPS) is 14.9. The second-order valence-electron chi connectivity index (χ2n) is 7.91. The Balaban J connectivity index is 1.63. The van der Waals surface area contributed by atoms with Crippen LogP contribution in [0.15, 0.2) is 47.9 Å². The average molecular weight is 433 g/mol. The van der Waals surface area contributed by atoms with Crippen LogP contribution in [0.2, 0.25) is 0 Å². The summed E-state index contributed by atoms with van der Waals surface area (Å²) in [6.07, 6.45) is 6.83. The molecule has 0 radical (unpaired) electrons. The number of aryl methyl sites for hydroxylation is 2. The highest BCUT2D eigenvalue weighted by Gasteiger charge is 2.35. The van der Waals surface area contributed by atoms with Gasteiger partial charge in [0.15, 0.2) is 11.0 Å². The first-order chi connectivity index (χ1) is 15.0. The summed E-state index contributed by atoms with van der Waals surface area (Å²) < 4.78 is 1.97. The van der Waals surface area contributed by atoms with E-state index in [1.807, 2.05) is 35.8 Å². The van der Waals surface area contributed by atoms with E-state index in [0.717, 1.165) is 29.7 Å². The van der Waals surface area contributed by atoms with Crippen LogP contribution < -0.4 is 5.32 Å². The highest BCUT2D eigenvalue weighted by molar-refractivity contribution is 7.99. The van der Waals surface area contributed by atoms with E-state index in [1.54, 1.807) is 12.4 Å². The monoisotopic (exact) mass is 432 g/mol. The van der Waals surface area contributed by atoms with Crippen molar-refractivity contribution in [3.8, 4) is 23.1 Å². The first-order valence-corrected chi connectivity index (χ1v) is 11.3. The van der Waals surface area contributed by atoms with Gasteiger partial charge in [0.25, 0.3) is 0 Å². The molecule has 0 bridgehead atoms. The highest BCUT2D eigenvalue weighted by Crippen LogP contribution is 2.31. The van der Waals surface area contributed by atoms with Crippen molar-refractivity contribution in [3.63, 3.8) is 0 Å². The molecule has 1 fully saturated rings. The van der Waals surface area contributed by atoms with E-state index in [1.165, 1.54) is 17.3 Å². The Morgan fingerprint density at radius 2 is 2.06 bits per heavy atom. The van der Waals surface area contributed by atoms with Gasteiger partial charge in [0.2, 0.25) is 5.91 Å². The molecule has 7 nitrogen and oxygen atoms in total. The van der Waals surface area contributed by atoms with Gasteiger partial charge in [-0.3, -0.25) is 14.3 Å². The van der Waals surface area contributed by atoms with Crippen LogP contribution in [0.3, 0.4) is 0 Å². The quantitative estimate of drug-likeness (QED) is 0.592. The summed E-state index contributed by atoms with van der Waals surface area (Å²) in [6, 6.07) is 12.3. The van der Waals surface area contributed by atoms with Crippen molar-refractivity contribution < 1.29 is 4.79 Å². The van der Waals surface area contributed by atoms with Gasteiger partial charge >= 0.3 is 0 Å². The van der Waals surface area contributed by atoms with E-state index in [0.29, 0.717) is 23.8 Å². The standard InChI is InChI=1S/C23H24N6OS/c1-16-7-8-19(17(2)12-16)29-21(18-6-5-11-25-13-18)27-28-22(29)31-14-20(30)26-23(15-24)9-3-4-10-23/h5-8,11-13H,3-4,9-10,14H2,1-2H3,(H,26,30). The molecule has 3 aromatic rings. The molecule has 2 aromatic heterocycles. The number of rotatable bonds is 6. The molecule has 1 aliphatic rings. The number of amides is 1. The van der Waals surface area contributed by atoms with E-state index >= 15 is 0 Å². The molecule has 0 unspecified atom stereocenters. The fourth-order valence-electron chi connectivity index (χ4n) is 4.00. The second kappa shape index (κ2) is 8.90. The van der Waals surface area contributed by atoms with Gasteiger partial charge in [-0.2, -0.15) is 5.26 Å². The molecule has 1 amide bonds. The molecular formula is C23H24N6OS. The zero-order chi connectivity index (χ0) is 21.8. The maximum atomic E-state index is 12.6. The molecule has 2 heterocycles. The van der Waals surface area contributed by atoms with Crippen molar-refractivity contribution in [1.29, 1.82) is 5.26 Å². The van der Waals surface area contributed by atoms with Crippen LogP contribution >= 0.6 is 11.8 Å². The third-order valence-electron chi connectivity index (χ3n) is 5.53. The fourth-order valence-corrected chi connectivity index (χ4v) is 4.74. The number of pyridine rings is 1. The third-order valence-corrected chi connectivity index (χ3v) is 6.46. The number of carbonyl (C=O) groups is 1. The topological polar surface area (TPSA) is 96.5 Å². The first-order valence-electron chi connectivity index (χ1n) is 10.3. The fraction of sp³-hybridized carbons (Fsp3) is 0.348. The van der Waals surface area contributed by atoms with Crippen LogP contribution in [0.1, 0.15) is 36.8 Å². The molecule has 158 valence electrons. The maximum Gasteiger partial charge on any atom is 0.231 e. The van der Waals surface area contributed by atoms with Crippen molar-refractivity contribution in [3.05, 3.63) is 53.9 Å². The van der Waals surface area contributed by atoms with Gasteiger partial charge in [0.05, 0.1) is 17.5 Å². The van der Waals surface area contributed by atoms with Crippen LogP contribution in [0.5, 0.6) is 0 Å². The summed E-state index contributed by atoms with van der Waals surface area (Å²) in [7, 11) is 0. The molecule has 1 N–H and O–H groups in total. The van der Waals surface area contributed by atoms with Crippen molar-refractivity contribution in [2.75, 3.05) is 5.75 Å². The minimum atomic E-state index is -0.722. The molecular weight excluding hydrogens is 408 g/mol. The lowest BCUT2D eigenvalue weighted by atomic mass is 10.0. The Labute approximate surface area is 185 Å². The summed E-state index contributed by atoms with van der Waals surface area (Å²) in [5.41, 5.74) is 3.34. The Morgan fingerprint density at radius 1 is 1.26 bits per heavy atom. The number of hydrogen-bond acceptors (Lipinski definition) is 6. The van der Waals surface area contributed by atoms with E-state index < -0.39 is 5.54 Å². The molecule has 0 spiro atoms. The number of nitrogens with zero attached hydrogens (tertiary/aromatic N) is 5. The second-order valence-corrected chi connectivity index (χ2v) is 8.85. The molecule has 1 saturated carbocycles. The van der Waals surface area contributed by atoms with Gasteiger partial charge in [-0.25, -0.2) is 0 Å². The molecule has 31 heavy (non-hydrogen) atoms. The van der Waals surface area contributed by atoms with E-state index in [-0.39, 0.29) is 11.7 Å². The number of carbonyl (C=O) groups excluding carboxylic acids is 1. The maximum absolute atomic E-state index is 12.6. The third kappa shape index (κ3) is 4.47. The van der Waals surface area contributed by atoms with Gasteiger partial charge in [0.1, 0.15) is 5.54 Å². The predicted octanol–water partition coefficient (Wildman–Crippen LogP) is 3.99. The zero-order valence-electron chi connectivity index (χ0n) is 17.6. The minimum absolute atomic E-state index is 0.161. The number of thioether (sulfide) groups is 1. The van der Waals surface area contributed by atoms with Crippen LogP contribution in [0.25, 0.3) is 17.1 Å². The molecule has 8 heteroatoms. The van der Waals surface area contributed by atoms with Crippen LogP contribution in [0, 0.1) is 25.2 Å². The van der Waals surface area contributed by atoms with Crippen molar-refractivity contribution >= 4 is 17.7 Å². The predicted molar refractivity (Wildman–Crippen MR) is 120 cm³/mol. The van der Waals surface area contributed by atoms with Crippen molar-refractivity contribution in [1.82, 2.24) is 25.1 Å². The number of nitrogens with one attached hydrogen (secondary N) is 1. The molecule has 4 rings (SSSR count). The number of aromatic nitrogens is 4. The molecule has 0 aliphatic heterocycles. The van der Waals surface area contributed by atoms with Gasteiger partial charge in [-0.1, -0.05) is 29.5 Å². The summed E-state index contributed by atoms with van der Waals surface area (Å²) >= 11 is 1.32. The summed E-state index contributed by atoms with van der Waals surface area (Å²) in [4.78, 5) is 16.8. The van der Waals surface area contributed by atoms with Gasteiger partial charge in [-0.05, 0) is 63.3 Å². The Bertz CT molecular complexity index is 1130. The van der Waals surface area contributed by atoms with Crippen LogP contribution in [-0.4, -0.2) is 36.9 Å². The zero-order valence-corrected chi connectivity index (χ0v) is 18.4. The average Bonchev–Trinajstić information content (AvgIpc) is 3.41. The number of benzene rings is 1. The molecule has 0 saturated heterocycles. The number of hydrogen-bond donors (Lipinski definition) is 1. The lowest BCUT2D eigenvalue weighted by Gasteiger charge is -2.21. The molecule has 1 aromatic carbocycles. The highest BCUT2D eigenvalue weighted by atomic mass is 32.2. The van der Waals surface area contributed by atoms with E-state index in [4.69, 9.17) is 0 Å². The van der Waals surface area contributed by atoms with Crippen LogP contribution in [-0.2, 0) is 4.79 Å². The van der Waals surface area contributed by atoms with Gasteiger partial charge < -0.3 is 5.32 Å². The molecule has 0 atom stereocenters. The van der Waals surface area contributed by atoms with Crippen molar-refractivity contribution in [2.45, 2.75) is 50.2 Å². The lowest BCUT2D eigenvalue weighted by molar-refractivity contribution is -0.119. The van der Waals surface area contributed by atoms with E-state index in [9.17, 15) is 10.1 Å². The largest absolute Gasteiger partial charge is 0.337 e.